The molecule has 0 radical (unpaired) electrons. The highest BCUT2D eigenvalue weighted by Gasteiger charge is 2.21. The van der Waals surface area contributed by atoms with Crippen LogP contribution in [0.15, 0.2) is 30.6 Å². The second kappa shape index (κ2) is 6.17. The maximum atomic E-state index is 14.0. The molecular formula is C14H17ClFN3. The van der Waals surface area contributed by atoms with Crippen LogP contribution in [0.5, 0.6) is 0 Å². The van der Waals surface area contributed by atoms with E-state index in [1.54, 1.807) is 18.3 Å². The Balaban J connectivity index is 2.42. The summed E-state index contributed by atoms with van der Waals surface area (Å²) in [6.07, 6.45) is 4.51. The number of aromatic nitrogens is 2. The first-order valence-electron chi connectivity index (χ1n) is 6.29. The molecule has 5 heteroatoms. The van der Waals surface area contributed by atoms with Gasteiger partial charge in [-0.2, -0.15) is 0 Å². The molecule has 0 saturated heterocycles. The van der Waals surface area contributed by atoms with Gasteiger partial charge in [0.25, 0.3) is 0 Å². The van der Waals surface area contributed by atoms with Crippen LogP contribution in [0.2, 0.25) is 5.02 Å². The van der Waals surface area contributed by atoms with Gasteiger partial charge < -0.3 is 9.88 Å². The molecule has 0 aliphatic carbocycles. The summed E-state index contributed by atoms with van der Waals surface area (Å²) in [5.74, 6) is 0.496. The lowest BCUT2D eigenvalue weighted by molar-refractivity contribution is 0.520. The van der Waals surface area contributed by atoms with E-state index >= 15 is 0 Å². The van der Waals surface area contributed by atoms with E-state index in [0.29, 0.717) is 10.6 Å². The van der Waals surface area contributed by atoms with Gasteiger partial charge in [0.05, 0.1) is 6.04 Å². The summed E-state index contributed by atoms with van der Waals surface area (Å²) in [6.45, 7) is 2.85. The van der Waals surface area contributed by atoms with Gasteiger partial charge in [0.1, 0.15) is 11.6 Å². The molecule has 1 atom stereocenters. The fourth-order valence-corrected chi connectivity index (χ4v) is 2.20. The summed E-state index contributed by atoms with van der Waals surface area (Å²) < 4.78 is 15.9. The van der Waals surface area contributed by atoms with E-state index in [-0.39, 0.29) is 11.9 Å². The second-order valence-electron chi connectivity index (χ2n) is 4.45. The lowest BCUT2D eigenvalue weighted by Crippen LogP contribution is -2.26. The van der Waals surface area contributed by atoms with Gasteiger partial charge in [-0.25, -0.2) is 9.37 Å². The van der Waals surface area contributed by atoms with E-state index in [9.17, 15) is 4.39 Å². The van der Waals surface area contributed by atoms with Gasteiger partial charge in [-0.1, -0.05) is 18.5 Å². The van der Waals surface area contributed by atoms with Crippen LogP contribution >= 0.6 is 11.6 Å². The van der Waals surface area contributed by atoms with Crippen LogP contribution in [0, 0.1) is 5.82 Å². The van der Waals surface area contributed by atoms with Crippen molar-refractivity contribution in [3.8, 4) is 0 Å². The van der Waals surface area contributed by atoms with E-state index in [1.807, 2.05) is 17.8 Å². The normalized spacial score (nSPS) is 12.6. The maximum Gasteiger partial charge on any atom is 0.130 e. The molecule has 1 unspecified atom stereocenters. The SMILES string of the molecule is CCCNC(c1cc(Cl)ccc1F)c1nccn1C. The van der Waals surface area contributed by atoms with Crippen LogP contribution in [0.1, 0.15) is 30.8 Å². The average Bonchev–Trinajstić information content (AvgIpc) is 2.80. The number of hydrogen-bond acceptors (Lipinski definition) is 2. The topological polar surface area (TPSA) is 29.9 Å². The summed E-state index contributed by atoms with van der Waals surface area (Å²) in [6, 6.07) is 4.30. The van der Waals surface area contributed by atoms with E-state index < -0.39 is 0 Å². The molecule has 0 fully saturated rings. The van der Waals surface area contributed by atoms with Crippen molar-refractivity contribution in [2.75, 3.05) is 6.54 Å². The predicted molar refractivity (Wildman–Crippen MR) is 74.8 cm³/mol. The Morgan fingerprint density at radius 2 is 2.26 bits per heavy atom. The summed E-state index contributed by atoms with van der Waals surface area (Å²) in [5.41, 5.74) is 0.523. The van der Waals surface area contributed by atoms with E-state index in [2.05, 4.69) is 17.2 Å². The maximum absolute atomic E-state index is 14.0. The summed E-state index contributed by atoms with van der Waals surface area (Å²) in [7, 11) is 1.89. The zero-order valence-electron chi connectivity index (χ0n) is 11.0. The standard InChI is InChI=1S/C14H17ClFN3/c1-3-6-17-13(14-18-7-8-19(14)2)11-9-10(15)4-5-12(11)16/h4-5,7-9,13,17H,3,6H2,1-2H3. The van der Waals surface area contributed by atoms with E-state index in [4.69, 9.17) is 11.6 Å². The van der Waals surface area contributed by atoms with Crippen molar-refractivity contribution in [1.82, 2.24) is 14.9 Å². The number of halogens is 2. The van der Waals surface area contributed by atoms with Crippen molar-refractivity contribution in [2.24, 2.45) is 7.05 Å². The van der Waals surface area contributed by atoms with Crippen molar-refractivity contribution >= 4 is 11.6 Å². The van der Waals surface area contributed by atoms with Crippen molar-refractivity contribution in [3.05, 3.63) is 52.8 Å². The monoisotopic (exact) mass is 281 g/mol. The molecule has 0 saturated carbocycles. The van der Waals surface area contributed by atoms with Gasteiger partial charge in [-0.15, -0.1) is 0 Å². The molecular weight excluding hydrogens is 265 g/mol. The van der Waals surface area contributed by atoms with E-state index in [0.717, 1.165) is 18.8 Å². The Hall–Kier alpha value is -1.39. The number of hydrogen-bond donors (Lipinski definition) is 1. The Kier molecular flexibility index (Phi) is 4.56. The lowest BCUT2D eigenvalue weighted by Gasteiger charge is -2.19. The molecule has 0 spiro atoms. The number of nitrogens with zero attached hydrogens (tertiary/aromatic N) is 2. The highest BCUT2D eigenvalue weighted by atomic mass is 35.5. The summed E-state index contributed by atoms with van der Waals surface area (Å²) in [5, 5.41) is 3.84. The molecule has 1 aromatic heterocycles. The molecule has 0 amide bonds. The van der Waals surface area contributed by atoms with Crippen LogP contribution < -0.4 is 5.32 Å². The minimum Gasteiger partial charge on any atom is -0.336 e. The molecule has 102 valence electrons. The van der Waals surface area contributed by atoms with Gasteiger partial charge in [-0.3, -0.25) is 0 Å². The number of benzene rings is 1. The van der Waals surface area contributed by atoms with Gasteiger partial charge in [0.15, 0.2) is 0 Å². The highest BCUT2D eigenvalue weighted by Crippen LogP contribution is 2.25. The number of aryl methyl sites for hydroxylation is 1. The first kappa shape index (κ1) is 14.0. The zero-order valence-corrected chi connectivity index (χ0v) is 11.8. The van der Waals surface area contributed by atoms with Crippen LogP contribution in [-0.4, -0.2) is 16.1 Å². The van der Waals surface area contributed by atoms with Crippen molar-refractivity contribution < 1.29 is 4.39 Å². The molecule has 19 heavy (non-hydrogen) atoms. The Labute approximate surface area is 117 Å². The quantitative estimate of drug-likeness (QED) is 0.911. The molecule has 2 aromatic rings. The highest BCUT2D eigenvalue weighted by molar-refractivity contribution is 6.30. The number of nitrogens with one attached hydrogen (secondary N) is 1. The van der Waals surface area contributed by atoms with Crippen molar-refractivity contribution in [2.45, 2.75) is 19.4 Å². The third-order valence-corrected chi connectivity index (χ3v) is 3.22. The van der Waals surface area contributed by atoms with Crippen molar-refractivity contribution in [1.29, 1.82) is 0 Å². The molecule has 1 heterocycles. The van der Waals surface area contributed by atoms with Crippen LogP contribution in [0.3, 0.4) is 0 Å². The molecule has 0 aliphatic heterocycles. The molecule has 0 bridgehead atoms. The summed E-state index contributed by atoms with van der Waals surface area (Å²) in [4.78, 5) is 4.31. The number of rotatable bonds is 5. The third kappa shape index (κ3) is 3.14. The Morgan fingerprint density at radius 1 is 1.47 bits per heavy atom. The fourth-order valence-electron chi connectivity index (χ4n) is 2.02. The fraction of sp³-hybridized carbons (Fsp3) is 0.357. The Bertz CT molecular complexity index is 553. The van der Waals surface area contributed by atoms with Crippen LogP contribution in [0.25, 0.3) is 0 Å². The van der Waals surface area contributed by atoms with Crippen molar-refractivity contribution in [3.63, 3.8) is 0 Å². The van der Waals surface area contributed by atoms with E-state index in [1.165, 1.54) is 6.07 Å². The minimum absolute atomic E-state index is 0.277. The minimum atomic E-state index is -0.293. The first-order valence-corrected chi connectivity index (χ1v) is 6.66. The summed E-state index contributed by atoms with van der Waals surface area (Å²) >= 11 is 5.97. The van der Waals surface area contributed by atoms with Gasteiger partial charge in [0, 0.05) is 30.0 Å². The largest absolute Gasteiger partial charge is 0.336 e. The number of imidazole rings is 1. The first-order chi connectivity index (χ1) is 9.13. The molecule has 2 rings (SSSR count). The average molecular weight is 282 g/mol. The van der Waals surface area contributed by atoms with Crippen LogP contribution in [-0.2, 0) is 7.05 Å². The second-order valence-corrected chi connectivity index (χ2v) is 4.89. The smallest absolute Gasteiger partial charge is 0.130 e. The predicted octanol–water partition coefficient (Wildman–Crippen LogP) is 3.30. The Morgan fingerprint density at radius 3 is 2.89 bits per heavy atom. The molecule has 1 N–H and O–H groups in total. The molecule has 1 aromatic carbocycles. The third-order valence-electron chi connectivity index (χ3n) is 2.98. The van der Waals surface area contributed by atoms with Crippen LogP contribution in [0.4, 0.5) is 4.39 Å². The zero-order chi connectivity index (χ0) is 13.8. The molecule has 3 nitrogen and oxygen atoms in total. The van der Waals surface area contributed by atoms with Gasteiger partial charge in [0.2, 0.25) is 0 Å². The molecule has 0 aliphatic rings. The van der Waals surface area contributed by atoms with Gasteiger partial charge in [-0.05, 0) is 31.2 Å². The van der Waals surface area contributed by atoms with Gasteiger partial charge >= 0.3 is 0 Å². The lowest BCUT2D eigenvalue weighted by atomic mass is 10.1.